The molecular weight excluding hydrogens is 250 g/mol. The Labute approximate surface area is 115 Å². The molecule has 2 rings (SSSR count). The number of carbonyl (C=O) groups is 1. The molecule has 0 aliphatic carbocycles. The number of carbonyl (C=O) groups excluding carboxylic acids is 1. The summed E-state index contributed by atoms with van der Waals surface area (Å²) in [4.78, 5) is 14.2. The summed E-state index contributed by atoms with van der Waals surface area (Å²) in [7, 11) is 3.91. The monoisotopic (exact) mass is 271 g/mol. The van der Waals surface area contributed by atoms with Crippen LogP contribution < -0.4 is 5.32 Å². The molecule has 1 aliphatic rings. The SMILES string of the molecule is CNCC1CCN(C(=O)c2cccn2C)CC1.Cl. The number of piperidine rings is 1. The van der Waals surface area contributed by atoms with Crippen molar-refractivity contribution in [1.82, 2.24) is 14.8 Å². The summed E-state index contributed by atoms with van der Waals surface area (Å²) in [5, 5.41) is 3.21. The van der Waals surface area contributed by atoms with Gasteiger partial charge in [0, 0.05) is 26.3 Å². The zero-order valence-corrected chi connectivity index (χ0v) is 11.9. The number of rotatable bonds is 3. The van der Waals surface area contributed by atoms with Crippen molar-refractivity contribution >= 4 is 18.3 Å². The summed E-state index contributed by atoms with van der Waals surface area (Å²) >= 11 is 0. The Bertz CT molecular complexity index is 383. The van der Waals surface area contributed by atoms with Crippen LogP contribution in [-0.2, 0) is 7.05 Å². The van der Waals surface area contributed by atoms with E-state index in [2.05, 4.69) is 5.32 Å². The van der Waals surface area contributed by atoms with Crippen LogP contribution in [0.25, 0.3) is 0 Å². The number of aromatic nitrogens is 1. The van der Waals surface area contributed by atoms with E-state index in [-0.39, 0.29) is 18.3 Å². The van der Waals surface area contributed by atoms with E-state index in [1.165, 1.54) is 0 Å². The van der Waals surface area contributed by atoms with Crippen molar-refractivity contribution in [1.29, 1.82) is 0 Å². The van der Waals surface area contributed by atoms with Crippen molar-refractivity contribution in [2.75, 3.05) is 26.7 Å². The van der Waals surface area contributed by atoms with Gasteiger partial charge >= 0.3 is 0 Å². The number of hydrogen-bond donors (Lipinski definition) is 1. The van der Waals surface area contributed by atoms with Gasteiger partial charge in [0.15, 0.2) is 0 Å². The Morgan fingerprint density at radius 3 is 2.61 bits per heavy atom. The second kappa shape index (κ2) is 6.81. The zero-order chi connectivity index (χ0) is 12.3. The van der Waals surface area contributed by atoms with E-state index in [0.717, 1.165) is 44.1 Å². The fourth-order valence-electron chi connectivity index (χ4n) is 2.47. The smallest absolute Gasteiger partial charge is 0.270 e. The van der Waals surface area contributed by atoms with Gasteiger partial charge in [-0.1, -0.05) is 0 Å². The molecule has 18 heavy (non-hydrogen) atoms. The minimum Gasteiger partial charge on any atom is -0.347 e. The van der Waals surface area contributed by atoms with E-state index < -0.39 is 0 Å². The molecule has 1 fully saturated rings. The second-order valence-corrected chi connectivity index (χ2v) is 4.80. The Balaban J connectivity index is 0.00000162. The molecule has 1 aliphatic heterocycles. The number of amides is 1. The Morgan fingerprint density at radius 2 is 2.11 bits per heavy atom. The van der Waals surface area contributed by atoms with Crippen LogP contribution in [-0.4, -0.2) is 42.1 Å². The van der Waals surface area contributed by atoms with Gasteiger partial charge in [0.05, 0.1) is 0 Å². The molecule has 1 saturated heterocycles. The van der Waals surface area contributed by atoms with Gasteiger partial charge in [0.25, 0.3) is 5.91 Å². The van der Waals surface area contributed by atoms with Crippen LogP contribution in [0.5, 0.6) is 0 Å². The summed E-state index contributed by atoms with van der Waals surface area (Å²) < 4.78 is 1.89. The van der Waals surface area contributed by atoms with Gasteiger partial charge in [-0.05, 0) is 44.5 Å². The lowest BCUT2D eigenvalue weighted by molar-refractivity contribution is 0.0681. The highest BCUT2D eigenvalue weighted by Crippen LogP contribution is 2.18. The number of likely N-dealkylation sites (tertiary alicyclic amines) is 1. The van der Waals surface area contributed by atoms with Crippen LogP contribution in [0, 0.1) is 5.92 Å². The normalized spacial score (nSPS) is 16.4. The summed E-state index contributed by atoms with van der Waals surface area (Å²) in [6.45, 7) is 2.83. The van der Waals surface area contributed by atoms with Crippen molar-refractivity contribution in [3.8, 4) is 0 Å². The Kier molecular flexibility index (Phi) is 5.69. The minimum atomic E-state index is 0. The van der Waals surface area contributed by atoms with Gasteiger partial charge in [-0.15, -0.1) is 12.4 Å². The third kappa shape index (κ3) is 3.27. The molecule has 0 bridgehead atoms. The maximum absolute atomic E-state index is 12.2. The molecule has 102 valence electrons. The van der Waals surface area contributed by atoms with Crippen LogP contribution in [0.2, 0.25) is 0 Å². The molecule has 1 amide bonds. The summed E-state index contributed by atoms with van der Waals surface area (Å²) in [6.07, 6.45) is 4.13. The molecule has 1 N–H and O–H groups in total. The number of halogens is 1. The van der Waals surface area contributed by atoms with Crippen molar-refractivity contribution < 1.29 is 4.79 Å². The topological polar surface area (TPSA) is 37.3 Å². The molecule has 0 atom stereocenters. The van der Waals surface area contributed by atoms with E-state index in [9.17, 15) is 4.79 Å². The molecule has 0 radical (unpaired) electrons. The van der Waals surface area contributed by atoms with Crippen LogP contribution >= 0.6 is 12.4 Å². The maximum atomic E-state index is 12.2. The van der Waals surface area contributed by atoms with E-state index in [4.69, 9.17) is 0 Å². The molecule has 0 saturated carbocycles. The van der Waals surface area contributed by atoms with Crippen LogP contribution in [0.3, 0.4) is 0 Å². The maximum Gasteiger partial charge on any atom is 0.270 e. The first-order valence-corrected chi connectivity index (χ1v) is 6.27. The summed E-state index contributed by atoms with van der Waals surface area (Å²) in [5.41, 5.74) is 0.789. The molecule has 0 aromatic carbocycles. The lowest BCUT2D eigenvalue weighted by atomic mass is 9.96. The summed E-state index contributed by atoms with van der Waals surface area (Å²) in [6, 6.07) is 3.81. The van der Waals surface area contributed by atoms with Crippen molar-refractivity contribution in [2.45, 2.75) is 12.8 Å². The standard InChI is InChI=1S/C13H21N3O.ClH/c1-14-10-11-5-8-16(9-6-11)13(17)12-4-3-7-15(12)2;/h3-4,7,11,14H,5-6,8-10H2,1-2H3;1H. The predicted octanol–water partition coefficient (Wildman–Crippen LogP) is 1.52. The lowest BCUT2D eigenvalue weighted by Gasteiger charge is -2.32. The molecule has 4 nitrogen and oxygen atoms in total. The van der Waals surface area contributed by atoms with Crippen LogP contribution in [0.4, 0.5) is 0 Å². The molecule has 0 spiro atoms. The lowest BCUT2D eigenvalue weighted by Crippen LogP contribution is -2.41. The molecule has 5 heteroatoms. The number of hydrogen-bond acceptors (Lipinski definition) is 2. The number of aryl methyl sites for hydroxylation is 1. The first kappa shape index (κ1) is 15.1. The Hall–Kier alpha value is -1.00. The number of nitrogens with zero attached hydrogens (tertiary/aromatic N) is 2. The van der Waals surface area contributed by atoms with E-state index in [0.29, 0.717) is 0 Å². The molecule has 0 unspecified atom stereocenters. The second-order valence-electron chi connectivity index (χ2n) is 4.80. The van der Waals surface area contributed by atoms with E-state index in [1.54, 1.807) is 0 Å². The average Bonchev–Trinajstić information content (AvgIpc) is 2.76. The van der Waals surface area contributed by atoms with Crippen LogP contribution in [0.1, 0.15) is 23.3 Å². The fraction of sp³-hybridized carbons (Fsp3) is 0.615. The van der Waals surface area contributed by atoms with E-state index >= 15 is 0 Å². The van der Waals surface area contributed by atoms with Gasteiger partial charge < -0.3 is 14.8 Å². The third-order valence-electron chi connectivity index (χ3n) is 3.56. The average molecular weight is 272 g/mol. The minimum absolute atomic E-state index is 0. The van der Waals surface area contributed by atoms with Crippen molar-refractivity contribution in [2.24, 2.45) is 13.0 Å². The first-order valence-electron chi connectivity index (χ1n) is 6.27. The van der Waals surface area contributed by atoms with Crippen LogP contribution in [0.15, 0.2) is 18.3 Å². The zero-order valence-electron chi connectivity index (χ0n) is 11.1. The number of nitrogens with one attached hydrogen (secondary N) is 1. The molecular formula is C13H22ClN3O. The largest absolute Gasteiger partial charge is 0.347 e. The van der Waals surface area contributed by atoms with Gasteiger partial charge in [-0.25, -0.2) is 0 Å². The van der Waals surface area contributed by atoms with E-state index in [1.807, 2.05) is 41.9 Å². The molecule has 1 aromatic heterocycles. The quantitative estimate of drug-likeness (QED) is 0.905. The first-order chi connectivity index (χ1) is 8.22. The highest BCUT2D eigenvalue weighted by atomic mass is 35.5. The van der Waals surface area contributed by atoms with Crippen molar-refractivity contribution in [3.05, 3.63) is 24.0 Å². The fourth-order valence-corrected chi connectivity index (χ4v) is 2.47. The van der Waals surface area contributed by atoms with Gasteiger partial charge in [0.2, 0.25) is 0 Å². The Morgan fingerprint density at radius 1 is 1.44 bits per heavy atom. The predicted molar refractivity (Wildman–Crippen MR) is 75.2 cm³/mol. The highest BCUT2D eigenvalue weighted by molar-refractivity contribution is 5.92. The molecule has 1 aromatic rings. The van der Waals surface area contributed by atoms with Gasteiger partial charge in [-0.2, -0.15) is 0 Å². The third-order valence-corrected chi connectivity index (χ3v) is 3.56. The highest BCUT2D eigenvalue weighted by Gasteiger charge is 2.24. The van der Waals surface area contributed by atoms with Crippen molar-refractivity contribution in [3.63, 3.8) is 0 Å². The summed E-state index contributed by atoms with van der Waals surface area (Å²) in [5.74, 6) is 0.887. The van der Waals surface area contributed by atoms with Gasteiger partial charge in [-0.3, -0.25) is 4.79 Å². The molecule has 2 heterocycles. The van der Waals surface area contributed by atoms with Gasteiger partial charge in [0.1, 0.15) is 5.69 Å².